The number of nitrogens with one attached hydrogen (secondary N) is 1. The van der Waals surface area contributed by atoms with E-state index in [1.165, 1.54) is 34.9 Å². The highest BCUT2D eigenvalue weighted by Crippen LogP contribution is 2.35. The van der Waals surface area contributed by atoms with E-state index in [1.807, 2.05) is 39.8 Å². The van der Waals surface area contributed by atoms with Gasteiger partial charge in [0.1, 0.15) is 23.9 Å². The number of nitrogens with zero attached hydrogens (tertiary/aromatic N) is 4. The van der Waals surface area contributed by atoms with Gasteiger partial charge in [-0.25, -0.2) is 9.07 Å². The molecule has 0 unspecified atom stereocenters. The molecule has 1 aromatic heterocycles. The topological polar surface area (TPSA) is 98.6 Å². The Morgan fingerprint density at radius 3 is 2.51 bits per heavy atom. The van der Waals surface area contributed by atoms with Crippen molar-refractivity contribution in [3.8, 4) is 11.5 Å². The Hall–Kier alpha value is -4.47. The number of rotatable bonds is 9. The molecule has 2 amide bonds. The van der Waals surface area contributed by atoms with E-state index in [0.717, 1.165) is 0 Å². The van der Waals surface area contributed by atoms with Crippen LogP contribution in [0.4, 0.5) is 10.1 Å². The highest BCUT2D eigenvalue weighted by atomic mass is 19.1. The number of fused-ring (bicyclic) bond motifs is 1. The largest absolute Gasteiger partial charge is 0.493 e. The number of anilines is 1. The Bertz CT molecular complexity index is 1480. The minimum atomic E-state index is -1.17. The first kappa shape index (κ1) is 27.6. The first-order valence-electron chi connectivity index (χ1n) is 12.6. The lowest BCUT2D eigenvalue weighted by Gasteiger charge is -2.34. The third kappa shape index (κ3) is 6.34. The van der Waals surface area contributed by atoms with Crippen LogP contribution in [0, 0.1) is 5.82 Å². The average Bonchev–Trinajstić information content (AvgIpc) is 3.29. The van der Waals surface area contributed by atoms with E-state index >= 15 is 0 Å². The SMILES string of the molecule is CCOc1ccc([C@H](C(=O)NC(C)(C)C)N(C(=O)Cn2nnc3ccccc32)c2cccc(F)c2)cc1OC. The zero-order valence-corrected chi connectivity index (χ0v) is 22.6. The number of benzene rings is 3. The van der Waals surface area contributed by atoms with Crippen molar-refractivity contribution in [3.63, 3.8) is 0 Å². The maximum Gasteiger partial charge on any atom is 0.249 e. The Kier molecular flexibility index (Phi) is 8.13. The molecule has 204 valence electrons. The number of hydrogen-bond acceptors (Lipinski definition) is 6. The van der Waals surface area contributed by atoms with Gasteiger partial charge < -0.3 is 14.8 Å². The normalized spacial score (nSPS) is 12.2. The molecular weight excluding hydrogens is 501 g/mol. The van der Waals surface area contributed by atoms with Crippen LogP contribution in [0.1, 0.15) is 39.3 Å². The molecule has 0 aliphatic rings. The van der Waals surface area contributed by atoms with Gasteiger partial charge in [-0.15, -0.1) is 5.10 Å². The molecule has 1 atom stereocenters. The highest BCUT2D eigenvalue weighted by Gasteiger charge is 2.35. The molecule has 0 saturated heterocycles. The number of carbonyl (C=O) groups is 2. The molecule has 9 nitrogen and oxygen atoms in total. The molecule has 4 aromatic rings. The predicted octanol–water partition coefficient (Wildman–Crippen LogP) is 4.67. The molecule has 0 spiro atoms. The second-order valence-corrected chi connectivity index (χ2v) is 9.96. The Labute approximate surface area is 226 Å². The summed E-state index contributed by atoms with van der Waals surface area (Å²) in [7, 11) is 1.50. The fourth-order valence-corrected chi connectivity index (χ4v) is 4.29. The van der Waals surface area contributed by atoms with Crippen LogP contribution in [0.3, 0.4) is 0 Å². The average molecular weight is 534 g/mol. The van der Waals surface area contributed by atoms with Crippen molar-refractivity contribution in [2.45, 2.75) is 45.8 Å². The lowest BCUT2D eigenvalue weighted by molar-refractivity contribution is -0.128. The molecule has 0 fully saturated rings. The Balaban J connectivity index is 1.86. The van der Waals surface area contributed by atoms with Crippen LogP contribution in [0.15, 0.2) is 66.7 Å². The van der Waals surface area contributed by atoms with Crippen molar-refractivity contribution in [2.75, 3.05) is 18.6 Å². The first-order chi connectivity index (χ1) is 18.6. The quantitative estimate of drug-likeness (QED) is 0.336. The fraction of sp³-hybridized carbons (Fsp3) is 0.310. The van der Waals surface area contributed by atoms with Gasteiger partial charge in [0, 0.05) is 11.2 Å². The number of carbonyl (C=O) groups excluding carboxylic acids is 2. The number of amides is 2. The minimum Gasteiger partial charge on any atom is -0.493 e. The van der Waals surface area contributed by atoms with Crippen LogP contribution < -0.4 is 19.7 Å². The summed E-state index contributed by atoms with van der Waals surface area (Å²) in [6.07, 6.45) is 0. The zero-order chi connectivity index (χ0) is 28.2. The lowest BCUT2D eigenvalue weighted by atomic mass is 10.00. The summed E-state index contributed by atoms with van der Waals surface area (Å²) in [5.41, 5.74) is 1.34. The van der Waals surface area contributed by atoms with Crippen LogP contribution in [-0.2, 0) is 16.1 Å². The summed E-state index contributed by atoms with van der Waals surface area (Å²) in [5, 5.41) is 11.2. The molecule has 1 heterocycles. The Morgan fingerprint density at radius 2 is 1.82 bits per heavy atom. The summed E-state index contributed by atoms with van der Waals surface area (Å²) in [6.45, 7) is 7.57. The number of ether oxygens (including phenoxy) is 2. The van der Waals surface area contributed by atoms with E-state index in [-0.39, 0.29) is 12.2 Å². The lowest BCUT2D eigenvalue weighted by Crippen LogP contribution is -2.50. The first-order valence-corrected chi connectivity index (χ1v) is 12.6. The van der Waals surface area contributed by atoms with Crippen LogP contribution in [0.5, 0.6) is 11.5 Å². The summed E-state index contributed by atoms with van der Waals surface area (Å²) >= 11 is 0. The van der Waals surface area contributed by atoms with Crippen LogP contribution in [0.25, 0.3) is 11.0 Å². The third-order valence-electron chi connectivity index (χ3n) is 5.87. The van der Waals surface area contributed by atoms with Gasteiger partial charge >= 0.3 is 0 Å². The van der Waals surface area contributed by atoms with Gasteiger partial charge in [-0.05, 0) is 75.7 Å². The monoisotopic (exact) mass is 533 g/mol. The fourth-order valence-electron chi connectivity index (χ4n) is 4.29. The molecule has 4 rings (SSSR count). The van der Waals surface area contributed by atoms with Crippen molar-refractivity contribution in [3.05, 3.63) is 78.1 Å². The number of para-hydroxylation sites is 1. The molecule has 0 aliphatic heterocycles. The molecule has 3 aromatic carbocycles. The maximum absolute atomic E-state index is 14.5. The van der Waals surface area contributed by atoms with Gasteiger partial charge in [0.15, 0.2) is 11.5 Å². The van der Waals surface area contributed by atoms with Crippen molar-refractivity contribution in [2.24, 2.45) is 0 Å². The third-order valence-corrected chi connectivity index (χ3v) is 5.87. The van der Waals surface area contributed by atoms with Crippen LogP contribution in [0.2, 0.25) is 0 Å². The molecule has 1 N–H and O–H groups in total. The number of methoxy groups -OCH3 is 1. The van der Waals surface area contributed by atoms with Gasteiger partial charge in [-0.3, -0.25) is 14.5 Å². The highest BCUT2D eigenvalue weighted by molar-refractivity contribution is 6.01. The van der Waals surface area contributed by atoms with E-state index in [4.69, 9.17) is 9.47 Å². The second kappa shape index (κ2) is 11.5. The summed E-state index contributed by atoms with van der Waals surface area (Å²) in [5.74, 6) is -0.586. The molecule has 0 aliphatic carbocycles. The number of aromatic nitrogens is 3. The van der Waals surface area contributed by atoms with Crippen molar-refractivity contribution in [1.29, 1.82) is 0 Å². The van der Waals surface area contributed by atoms with Crippen molar-refractivity contribution >= 4 is 28.5 Å². The predicted molar refractivity (Wildman–Crippen MR) is 146 cm³/mol. The number of hydrogen-bond donors (Lipinski definition) is 1. The molecular formula is C29H32FN5O4. The smallest absolute Gasteiger partial charge is 0.249 e. The van der Waals surface area contributed by atoms with Gasteiger partial charge in [-0.1, -0.05) is 29.5 Å². The second-order valence-electron chi connectivity index (χ2n) is 9.96. The maximum atomic E-state index is 14.5. The van der Waals surface area contributed by atoms with Crippen LogP contribution in [-0.4, -0.2) is 46.1 Å². The number of halogens is 1. The summed E-state index contributed by atoms with van der Waals surface area (Å²) in [4.78, 5) is 29.2. The van der Waals surface area contributed by atoms with Crippen molar-refractivity contribution < 1.29 is 23.5 Å². The van der Waals surface area contributed by atoms with E-state index in [0.29, 0.717) is 34.7 Å². The van der Waals surface area contributed by atoms with E-state index < -0.39 is 29.2 Å². The van der Waals surface area contributed by atoms with E-state index in [9.17, 15) is 14.0 Å². The molecule has 0 bridgehead atoms. The zero-order valence-electron chi connectivity index (χ0n) is 22.6. The van der Waals surface area contributed by atoms with Gasteiger partial charge in [-0.2, -0.15) is 0 Å². The Morgan fingerprint density at radius 1 is 1.05 bits per heavy atom. The van der Waals surface area contributed by atoms with Gasteiger partial charge in [0.25, 0.3) is 0 Å². The minimum absolute atomic E-state index is 0.214. The molecule has 0 radical (unpaired) electrons. The summed E-state index contributed by atoms with van der Waals surface area (Å²) < 4.78 is 27.1. The van der Waals surface area contributed by atoms with Gasteiger partial charge in [0.05, 0.1) is 19.2 Å². The molecule has 10 heteroatoms. The van der Waals surface area contributed by atoms with E-state index in [1.54, 1.807) is 36.4 Å². The molecule has 0 saturated carbocycles. The standard InChI is InChI=1S/C29H32FN5O4/c1-6-39-24-15-14-19(16-25(24)38-5)27(28(37)31-29(2,3)4)35(21-11-9-10-20(30)17-21)26(36)18-34-23-13-8-7-12-22(23)32-33-34/h7-17,27H,6,18H2,1-5H3,(H,31,37)/t27-/m1/s1. The van der Waals surface area contributed by atoms with E-state index in [2.05, 4.69) is 15.6 Å². The summed E-state index contributed by atoms with van der Waals surface area (Å²) in [6, 6.07) is 16.7. The van der Waals surface area contributed by atoms with Gasteiger partial charge in [0.2, 0.25) is 11.8 Å². The van der Waals surface area contributed by atoms with Crippen LogP contribution >= 0.6 is 0 Å². The molecule has 39 heavy (non-hydrogen) atoms. The van der Waals surface area contributed by atoms with Crippen molar-refractivity contribution in [1.82, 2.24) is 20.3 Å².